The van der Waals surface area contributed by atoms with Gasteiger partial charge in [0.15, 0.2) is 5.16 Å². The Kier molecular flexibility index (Phi) is 4.20. The molecule has 0 radical (unpaired) electrons. The van der Waals surface area contributed by atoms with Crippen LogP contribution >= 0.6 is 11.8 Å². The van der Waals surface area contributed by atoms with Crippen molar-refractivity contribution in [1.82, 2.24) is 14.8 Å². The zero-order valence-electron chi connectivity index (χ0n) is 7.80. The van der Waals surface area contributed by atoms with Gasteiger partial charge in [-0.15, -0.1) is 0 Å². The van der Waals surface area contributed by atoms with Gasteiger partial charge in [0.2, 0.25) is 0 Å². The molecule has 13 heavy (non-hydrogen) atoms. The van der Waals surface area contributed by atoms with Gasteiger partial charge in [-0.1, -0.05) is 11.8 Å². The van der Waals surface area contributed by atoms with Gasteiger partial charge < -0.3 is 10.5 Å². The predicted octanol–water partition coefficient (Wildman–Crippen LogP) is -0.119. The molecule has 1 aromatic heterocycles. The van der Waals surface area contributed by atoms with Gasteiger partial charge in [0.05, 0.1) is 6.61 Å². The first-order valence-electron chi connectivity index (χ1n) is 3.95. The second-order valence-corrected chi connectivity index (χ2v) is 3.68. The van der Waals surface area contributed by atoms with E-state index in [1.54, 1.807) is 23.6 Å². The van der Waals surface area contributed by atoms with E-state index in [-0.39, 0.29) is 6.04 Å². The summed E-state index contributed by atoms with van der Waals surface area (Å²) in [6, 6.07) is 0.0479. The highest BCUT2D eigenvalue weighted by atomic mass is 32.2. The fourth-order valence-electron chi connectivity index (χ4n) is 0.860. The maximum absolute atomic E-state index is 5.75. The Balaban J connectivity index is 2.30. The molecule has 1 unspecified atom stereocenters. The van der Waals surface area contributed by atoms with Crippen molar-refractivity contribution in [2.45, 2.75) is 11.2 Å². The van der Waals surface area contributed by atoms with Gasteiger partial charge in [0.1, 0.15) is 6.33 Å². The van der Waals surface area contributed by atoms with Crippen LogP contribution in [0.2, 0.25) is 0 Å². The first kappa shape index (κ1) is 10.5. The standard InChI is InChI=1S/C7H14N4OS/c1-11-7(9-5-10-11)13-4-6(8)3-12-2/h5-6H,3-4,8H2,1-2H3. The Hall–Kier alpha value is -0.590. The van der Waals surface area contributed by atoms with Crippen LogP contribution in [0.15, 0.2) is 11.5 Å². The number of rotatable bonds is 5. The smallest absolute Gasteiger partial charge is 0.185 e. The van der Waals surface area contributed by atoms with Gasteiger partial charge in [-0.25, -0.2) is 9.67 Å². The van der Waals surface area contributed by atoms with E-state index in [9.17, 15) is 0 Å². The highest BCUT2D eigenvalue weighted by Crippen LogP contribution is 2.13. The molecule has 6 heteroatoms. The Morgan fingerprint density at radius 1 is 1.77 bits per heavy atom. The lowest BCUT2D eigenvalue weighted by molar-refractivity contribution is 0.186. The summed E-state index contributed by atoms with van der Waals surface area (Å²) in [4.78, 5) is 4.07. The van der Waals surface area contributed by atoms with Crippen molar-refractivity contribution in [3.05, 3.63) is 6.33 Å². The number of hydrogen-bond donors (Lipinski definition) is 1. The molecular weight excluding hydrogens is 188 g/mol. The summed E-state index contributed by atoms with van der Waals surface area (Å²) in [5.74, 6) is 0.792. The molecule has 1 heterocycles. The van der Waals surface area contributed by atoms with E-state index < -0.39 is 0 Å². The maximum atomic E-state index is 5.75. The Morgan fingerprint density at radius 3 is 3.08 bits per heavy atom. The molecule has 0 bridgehead atoms. The minimum absolute atomic E-state index is 0.0479. The number of nitrogens with zero attached hydrogens (tertiary/aromatic N) is 3. The molecule has 1 rings (SSSR count). The third kappa shape index (κ3) is 3.33. The van der Waals surface area contributed by atoms with Crippen LogP contribution in [0.3, 0.4) is 0 Å². The zero-order chi connectivity index (χ0) is 9.68. The minimum Gasteiger partial charge on any atom is -0.383 e. The molecule has 0 aliphatic heterocycles. The fraction of sp³-hybridized carbons (Fsp3) is 0.714. The first-order chi connectivity index (χ1) is 6.24. The molecule has 0 aliphatic rings. The molecule has 74 valence electrons. The molecule has 2 N–H and O–H groups in total. The van der Waals surface area contributed by atoms with E-state index in [0.717, 1.165) is 10.9 Å². The summed E-state index contributed by atoms with van der Waals surface area (Å²) >= 11 is 1.59. The summed E-state index contributed by atoms with van der Waals surface area (Å²) < 4.78 is 6.65. The van der Waals surface area contributed by atoms with E-state index in [4.69, 9.17) is 10.5 Å². The molecule has 0 saturated carbocycles. The topological polar surface area (TPSA) is 66.0 Å². The summed E-state index contributed by atoms with van der Waals surface area (Å²) in [6.07, 6.45) is 1.53. The van der Waals surface area contributed by atoms with Crippen LogP contribution in [0.4, 0.5) is 0 Å². The van der Waals surface area contributed by atoms with Crippen molar-refractivity contribution in [3.8, 4) is 0 Å². The number of aromatic nitrogens is 3. The first-order valence-corrected chi connectivity index (χ1v) is 4.94. The minimum atomic E-state index is 0.0479. The van der Waals surface area contributed by atoms with E-state index in [1.807, 2.05) is 7.05 Å². The van der Waals surface area contributed by atoms with Gasteiger partial charge in [0.25, 0.3) is 0 Å². The van der Waals surface area contributed by atoms with Crippen LogP contribution in [0, 0.1) is 0 Å². The maximum Gasteiger partial charge on any atom is 0.185 e. The highest BCUT2D eigenvalue weighted by molar-refractivity contribution is 7.99. The van der Waals surface area contributed by atoms with E-state index >= 15 is 0 Å². The van der Waals surface area contributed by atoms with Crippen molar-refractivity contribution in [2.24, 2.45) is 12.8 Å². The summed E-state index contributed by atoms with van der Waals surface area (Å²) in [5.41, 5.74) is 5.75. The average Bonchev–Trinajstić information content (AvgIpc) is 2.48. The Morgan fingerprint density at radius 2 is 2.54 bits per heavy atom. The zero-order valence-corrected chi connectivity index (χ0v) is 8.62. The molecule has 0 spiro atoms. The van der Waals surface area contributed by atoms with Gasteiger partial charge >= 0.3 is 0 Å². The molecule has 0 aliphatic carbocycles. The number of aryl methyl sites for hydroxylation is 1. The molecule has 0 fully saturated rings. The van der Waals surface area contributed by atoms with Crippen LogP contribution in [-0.2, 0) is 11.8 Å². The highest BCUT2D eigenvalue weighted by Gasteiger charge is 2.05. The predicted molar refractivity (Wildman–Crippen MR) is 51.6 cm³/mol. The largest absolute Gasteiger partial charge is 0.383 e. The summed E-state index contributed by atoms with van der Waals surface area (Å²) in [7, 11) is 3.50. The molecular formula is C7H14N4OS. The SMILES string of the molecule is COCC(N)CSc1ncnn1C. The van der Waals surface area contributed by atoms with Gasteiger partial charge in [-0.2, -0.15) is 5.10 Å². The number of ether oxygens (including phenoxy) is 1. The van der Waals surface area contributed by atoms with Gasteiger partial charge in [0, 0.05) is 26.0 Å². The summed E-state index contributed by atoms with van der Waals surface area (Å²) in [6.45, 7) is 0.574. The van der Waals surface area contributed by atoms with Crippen molar-refractivity contribution in [2.75, 3.05) is 19.5 Å². The quantitative estimate of drug-likeness (QED) is 0.674. The fourth-order valence-corrected chi connectivity index (χ4v) is 1.68. The number of methoxy groups -OCH3 is 1. The Bertz CT molecular complexity index is 252. The van der Waals surface area contributed by atoms with Crippen molar-refractivity contribution in [3.63, 3.8) is 0 Å². The van der Waals surface area contributed by atoms with E-state index in [2.05, 4.69) is 10.1 Å². The third-order valence-corrected chi connectivity index (χ3v) is 2.70. The van der Waals surface area contributed by atoms with Crippen LogP contribution in [0.5, 0.6) is 0 Å². The molecule has 0 aromatic carbocycles. The van der Waals surface area contributed by atoms with Crippen LogP contribution in [-0.4, -0.2) is 40.3 Å². The van der Waals surface area contributed by atoms with Gasteiger partial charge in [-0.05, 0) is 0 Å². The molecule has 0 saturated heterocycles. The third-order valence-electron chi connectivity index (χ3n) is 1.48. The normalized spacial score (nSPS) is 13.2. The molecule has 0 amide bonds. The van der Waals surface area contributed by atoms with Crippen LogP contribution in [0.1, 0.15) is 0 Å². The van der Waals surface area contributed by atoms with E-state index in [1.165, 1.54) is 6.33 Å². The number of hydrogen-bond acceptors (Lipinski definition) is 5. The monoisotopic (exact) mass is 202 g/mol. The van der Waals surface area contributed by atoms with Crippen molar-refractivity contribution in [1.29, 1.82) is 0 Å². The molecule has 1 aromatic rings. The van der Waals surface area contributed by atoms with Gasteiger partial charge in [-0.3, -0.25) is 0 Å². The lowest BCUT2D eigenvalue weighted by Crippen LogP contribution is -2.28. The second kappa shape index (κ2) is 5.21. The molecule has 1 atom stereocenters. The van der Waals surface area contributed by atoms with E-state index in [0.29, 0.717) is 6.61 Å². The number of thioether (sulfide) groups is 1. The Labute approximate surface area is 81.7 Å². The van der Waals surface area contributed by atoms with Crippen LogP contribution < -0.4 is 5.73 Å². The van der Waals surface area contributed by atoms with Crippen molar-refractivity contribution < 1.29 is 4.74 Å². The average molecular weight is 202 g/mol. The lowest BCUT2D eigenvalue weighted by atomic mass is 10.4. The number of nitrogens with two attached hydrogens (primary N) is 1. The second-order valence-electron chi connectivity index (χ2n) is 2.69. The van der Waals surface area contributed by atoms with Crippen LogP contribution in [0.25, 0.3) is 0 Å². The lowest BCUT2D eigenvalue weighted by Gasteiger charge is -2.08. The van der Waals surface area contributed by atoms with Crippen molar-refractivity contribution >= 4 is 11.8 Å². The summed E-state index contributed by atoms with van der Waals surface area (Å²) in [5, 5.41) is 4.83. The molecule has 5 nitrogen and oxygen atoms in total.